The van der Waals surface area contributed by atoms with Crippen LogP contribution in [-0.2, 0) is 18.9 Å². The van der Waals surface area contributed by atoms with E-state index in [0.717, 1.165) is 0 Å². The minimum atomic E-state index is -4.00. The first kappa shape index (κ1) is 14.6. The van der Waals surface area contributed by atoms with E-state index in [2.05, 4.69) is 14.1 Å². The highest BCUT2D eigenvalue weighted by Gasteiger charge is 2.45. The molecule has 1 aliphatic carbocycles. The van der Waals surface area contributed by atoms with Gasteiger partial charge < -0.3 is 15.1 Å². The van der Waals surface area contributed by atoms with Crippen LogP contribution in [0.1, 0.15) is 25.7 Å². The summed E-state index contributed by atoms with van der Waals surface area (Å²) < 4.78 is 33.8. The van der Waals surface area contributed by atoms with Crippen LogP contribution < -0.4 is 5.26 Å². The van der Waals surface area contributed by atoms with Gasteiger partial charge in [-0.15, -0.1) is 0 Å². The summed E-state index contributed by atoms with van der Waals surface area (Å²) >= 11 is -0.716. The Labute approximate surface area is 99.9 Å². The van der Waals surface area contributed by atoms with Crippen molar-refractivity contribution in [3.05, 3.63) is 0 Å². The van der Waals surface area contributed by atoms with Gasteiger partial charge in [-0.2, -0.15) is 13.1 Å². The van der Waals surface area contributed by atoms with Crippen molar-refractivity contribution in [3.63, 3.8) is 0 Å². The van der Waals surface area contributed by atoms with E-state index in [1.165, 1.54) is 0 Å². The van der Waals surface area contributed by atoms with E-state index in [-0.39, 0.29) is 0 Å². The fourth-order valence-corrected chi connectivity index (χ4v) is 1.70. The first-order chi connectivity index (χ1) is 7.95. The van der Waals surface area contributed by atoms with Gasteiger partial charge in [0.15, 0.2) is 0 Å². The number of alkyl halides is 2. The molecule has 0 radical (unpaired) electrons. The molecular formula is C8H11F2O6S-. The first-order valence-corrected chi connectivity index (χ1v) is 5.61. The molecule has 0 saturated heterocycles. The lowest BCUT2D eigenvalue weighted by Crippen LogP contribution is -2.34. The summed E-state index contributed by atoms with van der Waals surface area (Å²) in [6.45, 7) is 0. The highest BCUT2D eigenvalue weighted by molar-refractivity contribution is 7.96. The molecule has 0 spiro atoms. The van der Waals surface area contributed by atoms with Crippen LogP contribution in [0.3, 0.4) is 0 Å². The lowest BCUT2D eigenvalue weighted by Gasteiger charge is -2.26. The molecule has 1 saturated carbocycles. The smallest absolute Gasteiger partial charge is 0.415 e. The van der Waals surface area contributed by atoms with Crippen molar-refractivity contribution in [2.24, 2.45) is 0 Å². The van der Waals surface area contributed by atoms with Crippen molar-refractivity contribution in [3.8, 4) is 0 Å². The summed E-state index contributed by atoms with van der Waals surface area (Å²) in [6.07, 6.45) is 0.329. The lowest BCUT2D eigenvalue weighted by atomic mass is 9.95. The number of hydrogen-bond donors (Lipinski definition) is 1. The summed E-state index contributed by atoms with van der Waals surface area (Å²) in [7, 11) is 0. The van der Waals surface area contributed by atoms with E-state index in [0.29, 0.717) is 25.7 Å². The monoisotopic (exact) mass is 273 g/mol. The van der Waals surface area contributed by atoms with Gasteiger partial charge >= 0.3 is 11.2 Å². The molecule has 100 valence electrons. The third kappa shape index (κ3) is 4.72. The van der Waals surface area contributed by atoms with Crippen molar-refractivity contribution < 1.29 is 38.0 Å². The average molecular weight is 273 g/mol. The van der Waals surface area contributed by atoms with Gasteiger partial charge in [-0.3, -0.25) is 5.04 Å². The molecule has 0 aromatic heterocycles. The molecule has 9 heteroatoms. The molecule has 0 atom stereocenters. The molecule has 1 fully saturated rings. The number of halogens is 2. The quantitative estimate of drug-likeness (QED) is 0.333. The largest absolute Gasteiger partial charge is 0.691 e. The number of esters is 1. The summed E-state index contributed by atoms with van der Waals surface area (Å²) in [6, 6.07) is 0. The van der Waals surface area contributed by atoms with Crippen LogP contribution in [0, 0.1) is 0 Å². The minimum absolute atomic E-state index is 0.326. The van der Waals surface area contributed by atoms with Crippen LogP contribution in [0.25, 0.3) is 0 Å². The van der Waals surface area contributed by atoms with Crippen molar-refractivity contribution in [1.82, 2.24) is 0 Å². The van der Waals surface area contributed by atoms with Crippen molar-refractivity contribution >= 4 is 18.0 Å². The van der Waals surface area contributed by atoms with Crippen molar-refractivity contribution in [2.75, 3.05) is 0 Å². The van der Waals surface area contributed by atoms with Gasteiger partial charge in [0.05, 0.1) is 6.10 Å². The van der Waals surface area contributed by atoms with Gasteiger partial charge in [-0.05, 0) is 25.7 Å². The maximum absolute atomic E-state index is 12.9. The molecule has 0 aromatic carbocycles. The molecule has 1 aliphatic rings. The molecule has 0 heterocycles. The van der Waals surface area contributed by atoms with Gasteiger partial charge in [0.25, 0.3) is 0 Å². The maximum Gasteiger partial charge on any atom is 0.415 e. The Hall–Kier alpha value is -0.480. The van der Waals surface area contributed by atoms with Crippen LogP contribution in [-0.4, -0.2) is 28.5 Å². The van der Waals surface area contributed by atoms with E-state index >= 15 is 0 Å². The topological polar surface area (TPSA) is 88.1 Å². The third-order valence-electron chi connectivity index (χ3n) is 2.32. The summed E-state index contributed by atoms with van der Waals surface area (Å²) in [5, 5.41) is 17.3. The second kappa shape index (κ2) is 6.45. The number of carbonyl (C=O) groups excluding carboxylic acids is 1. The van der Waals surface area contributed by atoms with Gasteiger partial charge in [0.2, 0.25) is 0 Å². The third-order valence-corrected chi connectivity index (χ3v) is 2.82. The van der Waals surface area contributed by atoms with Crippen LogP contribution in [0.4, 0.5) is 8.78 Å². The van der Waals surface area contributed by atoms with Crippen LogP contribution in [0.15, 0.2) is 0 Å². The van der Waals surface area contributed by atoms with Crippen LogP contribution >= 0.6 is 12.0 Å². The molecule has 1 N–H and O–H groups in total. The van der Waals surface area contributed by atoms with E-state index in [1.807, 2.05) is 0 Å². The molecular weight excluding hydrogens is 262 g/mol. The number of rotatable bonds is 5. The van der Waals surface area contributed by atoms with Gasteiger partial charge in [0, 0.05) is 0 Å². The molecule has 0 amide bonds. The highest BCUT2D eigenvalue weighted by Crippen LogP contribution is 2.32. The molecule has 6 nitrogen and oxygen atoms in total. The zero-order valence-corrected chi connectivity index (χ0v) is 9.45. The molecule has 0 unspecified atom stereocenters. The Balaban J connectivity index is 2.37. The summed E-state index contributed by atoms with van der Waals surface area (Å²) in [4.78, 5) is 11.0. The second-order valence-electron chi connectivity index (χ2n) is 3.57. The maximum atomic E-state index is 12.9. The molecule has 0 aliphatic heterocycles. The predicted molar refractivity (Wildman–Crippen MR) is 49.1 cm³/mol. The van der Waals surface area contributed by atoms with Gasteiger partial charge in [-0.1, -0.05) is 0 Å². The number of ether oxygens (including phenoxy) is 1. The van der Waals surface area contributed by atoms with Crippen LogP contribution in [0.5, 0.6) is 0 Å². The molecule has 17 heavy (non-hydrogen) atoms. The normalized spacial score (nSPS) is 25.6. The first-order valence-electron chi connectivity index (χ1n) is 4.87. The van der Waals surface area contributed by atoms with E-state index in [1.54, 1.807) is 0 Å². The van der Waals surface area contributed by atoms with E-state index < -0.39 is 35.5 Å². The Morgan fingerprint density at radius 2 is 1.94 bits per heavy atom. The fraction of sp³-hybridized carbons (Fsp3) is 0.875. The Morgan fingerprint density at radius 3 is 2.47 bits per heavy atom. The molecule has 1 rings (SSSR count). The van der Waals surface area contributed by atoms with Gasteiger partial charge in [-0.25, -0.2) is 4.79 Å². The number of carbonyl (C=O) groups is 1. The predicted octanol–water partition coefficient (Wildman–Crippen LogP) is 0.298. The zero-order valence-electron chi connectivity index (χ0n) is 8.64. The summed E-state index contributed by atoms with van der Waals surface area (Å²) in [5.74, 6) is -1.79. The number of hydrogen-bond acceptors (Lipinski definition) is 7. The molecule has 0 aromatic rings. The summed E-state index contributed by atoms with van der Waals surface area (Å²) in [5.41, 5.74) is 0. The van der Waals surface area contributed by atoms with Crippen LogP contribution in [0.2, 0.25) is 0 Å². The number of aliphatic hydroxyl groups excluding tert-OH is 1. The van der Waals surface area contributed by atoms with Gasteiger partial charge in [0.1, 0.15) is 18.1 Å². The SMILES string of the molecule is O=C(OC1CCC(O)CC1)C(F)(F)SOO[O-]. The second-order valence-corrected chi connectivity index (χ2v) is 4.39. The van der Waals surface area contributed by atoms with Crippen molar-refractivity contribution in [2.45, 2.75) is 43.1 Å². The zero-order chi connectivity index (χ0) is 12.9. The standard InChI is InChI=1S/C8H12F2O6S/c9-8(10,17-16-15-13)7(12)14-6-3-1-5(11)2-4-6/h5-6,11,13H,1-4H2/p-1. The number of aliphatic hydroxyl groups is 1. The highest BCUT2D eigenvalue weighted by atomic mass is 32.2. The Morgan fingerprint density at radius 1 is 1.35 bits per heavy atom. The van der Waals surface area contributed by atoms with E-state index in [9.17, 15) is 23.9 Å². The average Bonchev–Trinajstić information content (AvgIpc) is 2.29. The minimum Gasteiger partial charge on any atom is -0.691 e. The fourth-order valence-electron chi connectivity index (χ4n) is 1.47. The van der Waals surface area contributed by atoms with Crippen molar-refractivity contribution in [1.29, 1.82) is 0 Å². The molecule has 0 bridgehead atoms. The Bertz CT molecular complexity index is 256. The van der Waals surface area contributed by atoms with E-state index in [4.69, 9.17) is 0 Å². The lowest BCUT2D eigenvalue weighted by molar-refractivity contribution is -0.777. The Kier molecular flexibility index (Phi) is 5.53.